The topological polar surface area (TPSA) is 89.9 Å². The highest BCUT2D eigenvalue weighted by Crippen LogP contribution is 2.47. The average Bonchev–Trinajstić information content (AvgIpc) is 2.99. The van der Waals surface area contributed by atoms with Crippen LogP contribution < -0.4 is 0 Å². The molecule has 1 aromatic rings. The van der Waals surface area contributed by atoms with Crippen LogP contribution in [0, 0.1) is 11.8 Å². The van der Waals surface area contributed by atoms with Crippen molar-refractivity contribution >= 4 is 29.1 Å². The largest absolute Gasteiger partial charge is 0.466 e. The van der Waals surface area contributed by atoms with E-state index in [9.17, 15) is 19.5 Å². The zero-order valence-electron chi connectivity index (χ0n) is 14.0. The number of esters is 2. The van der Waals surface area contributed by atoms with E-state index in [-0.39, 0.29) is 19.6 Å². The normalized spacial score (nSPS) is 30.0. The molecule has 0 radical (unpaired) electrons. The third kappa shape index (κ3) is 3.52. The molecule has 1 aromatic heterocycles. The summed E-state index contributed by atoms with van der Waals surface area (Å²) in [5.74, 6) is -4.61. The van der Waals surface area contributed by atoms with Crippen molar-refractivity contribution in [3.63, 3.8) is 0 Å². The van der Waals surface area contributed by atoms with Gasteiger partial charge in [0.1, 0.15) is 5.92 Å². The van der Waals surface area contributed by atoms with Gasteiger partial charge in [-0.25, -0.2) is 0 Å². The summed E-state index contributed by atoms with van der Waals surface area (Å²) in [5, 5.41) is 12.5. The molecule has 1 aliphatic rings. The molecule has 7 heteroatoms. The summed E-state index contributed by atoms with van der Waals surface area (Å²) in [6.45, 7) is 5.06. The second kappa shape index (κ2) is 7.44. The molecule has 1 heterocycles. The molecule has 2 rings (SSSR count). The predicted octanol–water partition coefficient (Wildman–Crippen LogP) is 1.91. The minimum atomic E-state index is -1.58. The molecule has 0 amide bonds. The van der Waals surface area contributed by atoms with Crippen LogP contribution in [0.15, 0.2) is 17.5 Å². The van der Waals surface area contributed by atoms with E-state index in [0.717, 1.165) is 0 Å². The van der Waals surface area contributed by atoms with E-state index >= 15 is 0 Å². The van der Waals surface area contributed by atoms with Gasteiger partial charge in [0.2, 0.25) is 0 Å². The van der Waals surface area contributed by atoms with Crippen LogP contribution in [0.3, 0.4) is 0 Å². The van der Waals surface area contributed by atoms with E-state index < -0.39 is 41.1 Å². The number of aliphatic hydroxyl groups is 1. The summed E-state index contributed by atoms with van der Waals surface area (Å²) in [4.78, 5) is 38.1. The van der Waals surface area contributed by atoms with Crippen molar-refractivity contribution in [2.75, 3.05) is 13.2 Å². The Kier molecular flexibility index (Phi) is 5.77. The molecule has 0 spiro atoms. The Labute approximate surface area is 144 Å². The van der Waals surface area contributed by atoms with Crippen LogP contribution >= 0.6 is 11.3 Å². The molecule has 0 unspecified atom stereocenters. The first-order valence-electron chi connectivity index (χ1n) is 7.95. The molecule has 0 aromatic carbocycles. The number of hydrogen-bond acceptors (Lipinski definition) is 7. The lowest BCUT2D eigenvalue weighted by Crippen LogP contribution is -2.55. The minimum absolute atomic E-state index is 0.139. The Balaban J connectivity index is 2.53. The summed E-state index contributed by atoms with van der Waals surface area (Å²) < 4.78 is 10.2. The summed E-state index contributed by atoms with van der Waals surface area (Å²) in [5.41, 5.74) is -1.58. The number of rotatable bonds is 5. The first-order chi connectivity index (χ1) is 11.3. The smallest absolute Gasteiger partial charge is 0.317 e. The summed E-state index contributed by atoms with van der Waals surface area (Å²) >= 11 is 1.33. The van der Waals surface area contributed by atoms with Gasteiger partial charge in [0.05, 0.1) is 24.7 Å². The molecule has 132 valence electrons. The highest BCUT2D eigenvalue weighted by atomic mass is 32.1. The van der Waals surface area contributed by atoms with Crippen molar-refractivity contribution in [2.45, 2.75) is 38.7 Å². The monoisotopic (exact) mass is 354 g/mol. The number of ketones is 1. The molecule has 4 atom stereocenters. The Morgan fingerprint density at radius 1 is 1.29 bits per heavy atom. The van der Waals surface area contributed by atoms with E-state index in [4.69, 9.17) is 9.47 Å². The number of thiophene rings is 1. The van der Waals surface area contributed by atoms with Gasteiger partial charge < -0.3 is 14.6 Å². The van der Waals surface area contributed by atoms with Crippen LogP contribution in [0.2, 0.25) is 0 Å². The summed E-state index contributed by atoms with van der Waals surface area (Å²) in [6, 6.07) is 3.53. The quantitative estimate of drug-likeness (QED) is 0.642. The minimum Gasteiger partial charge on any atom is -0.466 e. The molecule has 6 nitrogen and oxygen atoms in total. The van der Waals surface area contributed by atoms with Crippen LogP contribution in [-0.4, -0.2) is 41.6 Å². The average molecular weight is 354 g/mol. The zero-order chi connectivity index (χ0) is 17.9. The van der Waals surface area contributed by atoms with Gasteiger partial charge in [0.25, 0.3) is 0 Å². The van der Waals surface area contributed by atoms with E-state index in [1.165, 1.54) is 18.3 Å². The predicted molar refractivity (Wildman–Crippen MR) is 87.6 cm³/mol. The molecular weight excluding hydrogens is 332 g/mol. The van der Waals surface area contributed by atoms with E-state index in [1.807, 2.05) is 0 Å². The molecule has 1 saturated carbocycles. The van der Waals surface area contributed by atoms with Crippen LogP contribution in [0.4, 0.5) is 0 Å². The third-order valence-electron chi connectivity index (χ3n) is 4.22. The van der Waals surface area contributed by atoms with E-state index in [0.29, 0.717) is 4.88 Å². The SMILES string of the molecule is CCOC(=O)[C@@H]1C(=O)C[C@](C)(O)[C@H](C(=O)OCC)[C@@H]1c1cccs1. The van der Waals surface area contributed by atoms with E-state index in [2.05, 4.69) is 0 Å². The van der Waals surface area contributed by atoms with Gasteiger partial charge in [-0.3, -0.25) is 14.4 Å². The maximum atomic E-state index is 12.5. The fourth-order valence-electron chi connectivity index (χ4n) is 3.30. The number of ether oxygens (including phenoxy) is 2. The number of carbonyl (C=O) groups excluding carboxylic acids is 3. The van der Waals surface area contributed by atoms with Gasteiger partial charge in [-0.1, -0.05) is 6.07 Å². The summed E-state index contributed by atoms with van der Waals surface area (Å²) in [7, 11) is 0. The van der Waals surface area contributed by atoms with Crippen molar-refractivity contribution in [2.24, 2.45) is 11.8 Å². The third-order valence-corrected chi connectivity index (χ3v) is 5.19. The van der Waals surface area contributed by atoms with Crippen molar-refractivity contribution in [3.05, 3.63) is 22.4 Å². The Bertz CT molecular complexity index is 607. The summed E-state index contributed by atoms with van der Waals surface area (Å²) in [6.07, 6.45) is -0.290. The Hall–Kier alpha value is -1.73. The molecule has 24 heavy (non-hydrogen) atoms. The van der Waals surface area contributed by atoms with Gasteiger partial charge in [-0.2, -0.15) is 0 Å². The highest BCUT2D eigenvalue weighted by molar-refractivity contribution is 7.10. The molecule has 0 aliphatic heterocycles. The van der Waals surface area contributed by atoms with Gasteiger partial charge in [0.15, 0.2) is 5.78 Å². The molecule has 1 N–H and O–H groups in total. The maximum absolute atomic E-state index is 12.5. The first kappa shape index (κ1) is 18.6. The Morgan fingerprint density at radius 2 is 1.92 bits per heavy atom. The molecule has 0 saturated heterocycles. The second-order valence-electron chi connectivity index (χ2n) is 6.00. The number of hydrogen-bond donors (Lipinski definition) is 1. The number of Topliss-reactive ketones (excluding diaryl/α,β-unsaturated/α-hetero) is 1. The second-order valence-corrected chi connectivity index (χ2v) is 6.98. The first-order valence-corrected chi connectivity index (χ1v) is 8.83. The lowest BCUT2D eigenvalue weighted by atomic mass is 9.63. The zero-order valence-corrected chi connectivity index (χ0v) is 14.8. The highest BCUT2D eigenvalue weighted by Gasteiger charge is 2.57. The van der Waals surface area contributed by atoms with Crippen LogP contribution in [-0.2, 0) is 23.9 Å². The lowest BCUT2D eigenvalue weighted by Gasteiger charge is -2.43. The van der Waals surface area contributed by atoms with E-state index in [1.54, 1.807) is 31.4 Å². The van der Waals surface area contributed by atoms with Gasteiger partial charge in [-0.05, 0) is 32.2 Å². The molecule has 1 fully saturated rings. The van der Waals surface area contributed by atoms with Crippen LogP contribution in [0.1, 0.15) is 38.0 Å². The lowest BCUT2D eigenvalue weighted by molar-refractivity contribution is -0.172. The van der Waals surface area contributed by atoms with Crippen molar-refractivity contribution in [3.8, 4) is 0 Å². The molecule has 1 aliphatic carbocycles. The molecular formula is C17H22O6S. The number of carbonyl (C=O) groups is 3. The maximum Gasteiger partial charge on any atom is 0.317 e. The Morgan fingerprint density at radius 3 is 2.46 bits per heavy atom. The van der Waals surface area contributed by atoms with Crippen LogP contribution in [0.25, 0.3) is 0 Å². The molecule has 0 bridgehead atoms. The van der Waals surface area contributed by atoms with Gasteiger partial charge in [-0.15, -0.1) is 11.3 Å². The van der Waals surface area contributed by atoms with Crippen molar-refractivity contribution in [1.82, 2.24) is 0 Å². The van der Waals surface area contributed by atoms with Crippen molar-refractivity contribution < 1.29 is 29.0 Å². The fraction of sp³-hybridized carbons (Fsp3) is 0.588. The fourth-order valence-corrected chi connectivity index (χ4v) is 4.21. The van der Waals surface area contributed by atoms with Crippen molar-refractivity contribution in [1.29, 1.82) is 0 Å². The standard InChI is InChI=1S/C17H22O6S/c1-4-22-15(19)12-10(18)9-17(3,21)14(16(20)23-5-2)13(12)11-7-6-8-24-11/h6-8,12-14,21H,4-5,9H2,1-3H3/t12-,13-,14+,17+/m1/s1. The van der Waals surface area contributed by atoms with Crippen LogP contribution in [0.5, 0.6) is 0 Å². The van der Waals surface area contributed by atoms with Gasteiger partial charge in [0, 0.05) is 17.2 Å². The van der Waals surface area contributed by atoms with Gasteiger partial charge >= 0.3 is 11.9 Å².